The monoisotopic (exact) mass is 399 g/mol. The van der Waals surface area contributed by atoms with Crippen LogP contribution in [0.25, 0.3) is 0 Å². The zero-order chi connectivity index (χ0) is 14.5. The molecule has 1 atom stereocenters. The number of hydrogen-bond donors (Lipinski definition) is 1. The molecule has 108 valence electrons. The second kappa shape index (κ2) is 7.38. The van der Waals surface area contributed by atoms with Crippen LogP contribution in [0, 0.1) is 0 Å². The van der Waals surface area contributed by atoms with E-state index < -0.39 is 0 Å². The highest BCUT2D eigenvalue weighted by molar-refractivity contribution is 9.11. The third kappa shape index (κ3) is 3.51. The molecule has 0 spiro atoms. The molecule has 1 aromatic carbocycles. The van der Waals surface area contributed by atoms with E-state index in [2.05, 4.69) is 72.7 Å². The Balaban J connectivity index is 2.44. The average molecular weight is 401 g/mol. The third-order valence-electron chi connectivity index (χ3n) is 3.21. The Morgan fingerprint density at radius 2 is 2.10 bits per heavy atom. The number of benzene rings is 1. The van der Waals surface area contributed by atoms with E-state index in [0.717, 1.165) is 34.3 Å². The summed E-state index contributed by atoms with van der Waals surface area (Å²) in [6.45, 7) is 6.19. The Kier molecular flexibility index (Phi) is 5.81. The van der Waals surface area contributed by atoms with Crippen LogP contribution in [0.3, 0.4) is 0 Å². The molecule has 0 amide bonds. The molecule has 0 saturated heterocycles. The number of rotatable bonds is 6. The first-order valence-corrected chi connectivity index (χ1v) is 8.45. The molecule has 2 aromatic rings. The van der Waals surface area contributed by atoms with Crippen LogP contribution in [-0.2, 0) is 6.54 Å². The predicted octanol–water partition coefficient (Wildman–Crippen LogP) is 4.52. The number of hydrogen-bond acceptors (Lipinski definition) is 2. The van der Waals surface area contributed by atoms with Crippen molar-refractivity contribution < 1.29 is 0 Å². The van der Waals surface area contributed by atoms with Crippen LogP contribution in [0.2, 0.25) is 0 Å². The highest BCUT2D eigenvalue weighted by Gasteiger charge is 2.20. The summed E-state index contributed by atoms with van der Waals surface area (Å²) in [5, 5.41) is 3.60. The molecule has 0 radical (unpaired) electrons. The molecular weight excluding hydrogens is 382 g/mol. The zero-order valence-corrected chi connectivity index (χ0v) is 14.9. The van der Waals surface area contributed by atoms with Gasteiger partial charge in [0.25, 0.3) is 0 Å². The van der Waals surface area contributed by atoms with E-state index in [1.54, 1.807) is 0 Å². The first-order chi connectivity index (χ1) is 9.67. The third-order valence-corrected chi connectivity index (χ3v) is 4.43. The smallest absolute Gasteiger partial charge is 0.130 e. The molecule has 5 heteroatoms. The van der Waals surface area contributed by atoms with E-state index in [9.17, 15) is 0 Å². The quantitative estimate of drug-likeness (QED) is 0.772. The summed E-state index contributed by atoms with van der Waals surface area (Å²) in [6, 6.07) is 6.35. The maximum Gasteiger partial charge on any atom is 0.130 e. The lowest BCUT2D eigenvalue weighted by Gasteiger charge is -2.21. The highest BCUT2D eigenvalue weighted by Crippen LogP contribution is 2.30. The Morgan fingerprint density at radius 3 is 2.80 bits per heavy atom. The maximum absolute atomic E-state index is 4.55. The van der Waals surface area contributed by atoms with Crippen LogP contribution in [0.1, 0.15) is 37.7 Å². The Bertz CT molecular complexity index is 566. The Hall–Kier alpha value is -0.650. The van der Waals surface area contributed by atoms with Crippen LogP contribution in [-0.4, -0.2) is 16.1 Å². The van der Waals surface area contributed by atoms with Crippen molar-refractivity contribution in [2.75, 3.05) is 6.54 Å². The van der Waals surface area contributed by atoms with Gasteiger partial charge in [0.15, 0.2) is 0 Å². The molecule has 0 aliphatic heterocycles. The maximum atomic E-state index is 4.55. The summed E-state index contributed by atoms with van der Waals surface area (Å²) >= 11 is 7.21. The summed E-state index contributed by atoms with van der Waals surface area (Å²) in [7, 11) is 0. The molecule has 20 heavy (non-hydrogen) atoms. The summed E-state index contributed by atoms with van der Waals surface area (Å²) in [5.41, 5.74) is 1.20. The van der Waals surface area contributed by atoms with Crippen molar-refractivity contribution in [3.05, 3.63) is 50.9 Å². The van der Waals surface area contributed by atoms with E-state index in [0.29, 0.717) is 0 Å². The van der Waals surface area contributed by atoms with Gasteiger partial charge in [0, 0.05) is 27.9 Å². The van der Waals surface area contributed by atoms with Gasteiger partial charge in [-0.1, -0.05) is 38.8 Å². The van der Waals surface area contributed by atoms with Crippen LogP contribution < -0.4 is 5.32 Å². The lowest BCUT2D eigenvalue weighted by molar-refractivity contribution is 0.540. The fraction of sp³-hybridized carbons (Fsp3) is 0.400. The van der Waals surface area contributed by atoms with Gasteiger partial charge in [-0.05, 0) is 43.7 Å². The summed E-state index contributed by atoms with van der Waals surface area (Å²) < 4.78 is 4.36. The minimum Gasteiger partial charge on any atom is -0.334 e. The molecule has 3 nitrogen and oxygen atoms in total. The zero-order valence-electron chi connectivity index (χ0n) is 11.7. The highest BCUT2D eigenvalue weighted by atomic mass is 79.9. The molecule has 0 saturated carbocycles. The van der Waals surface area contributed by atoms with Crippen LogP contribution in [0.4, 0.5) is 0 Å². The molecule has 0 bridgehead atoms. The van der Waals surface area contributed by atoms with Gasteiger partial charge in [0.2, 0.25) is 0 Å². The molecule has 1 unspecified atom stereocenters. The molecule has 0 aliphatic rings. The van der Waals surface area contributed by atoms with Gasteiger partial charge in [-0.3, -0.25) is 0 Å². The molecule has 0 fully saturated rings. The first kappa shape index (κ1) is 15.7. The molecule has 0 aliphatic carbocycles. The summed E-state index contributed by atoms with van der Waals surface area (Å²) in [6.07, 6.45) is 4.99. The van der Waals surface area contributed by atoms with Gasteiger partial charge in [-0.25, -0.2) is 4.98 Å². The minimum atomic E-state index is 0.0942. The summed E-state index contributed by atoms with van der Waals surface area (Å²) in [4.78, 5) is 4.55. The van der Waals surface area contributed by atoms with E-state index >= 15 is 0 Å². The lowest BCUT2D eigenvalue weighted by Crippen LogP contribution is -2.26. The normalized spacial score (nSPS) is 12.6. The second-order valence-corrected chi connectivity index (χ2v) is 6.39. The van der Waals surface area contributed by atoms with Crippen molar-refractivity contribution in [1.29, 1.82) is 0 Å². The second-order valence-electron chi connectivity index (χ2n) is 4.62. The molecule has 1 N–H and O–H groups in total. The van der Waals surface area contributed by atoms with Crippen molar-refractivity contribution in [2.45, 2.75) is 32.9 Å². The molecular formula is C15H19Br2N3. The molecule has 1 heterocycles. The van der Waals surface area contributed by atoms with Crippen LogP contribution in [0.15, 0.2) is 39.5 Å². The van der Waals surface area contributed by atoms with Gasteiger partial charge < -0.3 is 9.88 Å². The standard InChI is InChI=1S/C15H19Br2N3/c1-3-7-18-14(15-19-8-9-20(15)4-2)12-10-11(16)5-6-13(12)17/h5-6,8-10,14,18H,3-4,7H2,1-2H3. The van der Waals surface area contributed by atoms with Crippen LogP contribution >= 0.6 is 31.9 Å². The van der Waals surface area contributed by atoms with Crippen molar-refractivity contribution in [1.82, 2.24) is 14.9 Å². The average Bonchev–Trinajstić information content (AvgIpc) is 2.91. The van der Waals surface area contributed by atoms with E-state index in [4.69, 9.17) is 0 Å². The Morgan fingerprint density at radius 1 is 1.30 bits per heavy atom. The number of nitrogens with zero attached hydrogens (tertiary/aromatic N) is 2. The number of aryl methyl sites for hydroxylation is 1. The SMILES string of the molecule is CCCNC(c1cc(Br)ccc1Br)c1nccn1CC. The Labute approximate surface area is 137 Å². The van der Waals surface area contributed by atoms with Crippen molar-refractivity contribution >= 4 is 31.9 Å². The van der Waals surface area contributed by atoms with Crippen molar-refractivity contribution in [3.8, 4) is 0 Å². The van der Waals surface area contributed by atoms with E-state index in [-0.39, 0.29) is 6.04 Å². The van der Waals surface area contributed by atoms with E-state index in [1.807, 2.05) is 18.5 Å². The molecule has 2 rings (SSSR count). The van der Waals surface area contributed by atoms with Gasteiger partial charge in [0.05, 0.1) is 6.04 Å². The first-order valence-electron chi connectivity index (χ1n) is 6.86. The largest absolute Gasteiger partial charge is 0.334 e. The minimum absolute atomic E-state index is 0.0942. The fourth-order valence-electron chi connectivity index (χ4n) is 2.21. The van der Waals surface area contributed by atoms with Crippen molar-refractivity contribution in [3.63, 3.8) is 0 Å². The topological polar surface area (TPSA) is 29.9 Å². The van der Waals surface area contributed by atoms with Crippen LogP contribution in [0.5, 0.6) is 0 Å². The number of nitrogens with one attached hydrogen (secondary N) is 1. The van der Waals surface area contributed by atoms with Gasteiger partial charge in [0.1, 0.15) is 5.82 Å². The molecule has 1 aromatic heterocycles. The predicted molar refractivity (Wildman–Crippen MR) is 89.9 cm³/mol. The fourth-order valence-corrected chi connectivity index (χ4v) is 3.07. The van der Waals surface area contributed by atoms with Crippen molar-refractivity contribution in [2.24, 2.45) is 0 Å². The summed E-state index contributed by atoms with van der Waals surface area (Å²) in [5.74, 6) is 1.06. The van der Waals surface area contributed by atoms with Gasteiger partial charge >= 0.3 is 0 Å². The van der Waals surface area contributed by atoms with Gasteiger partial charge in [-0.2, -0.15) is 0 Å². The van der Waals surface area contributed by atoms with Gasteiger partial charge in [-0.15, -0.1) is 0 Å². The van der Waals surface area contributed by atoms with E-state index in [1.165, 1.54) is 5.56 Å². The number of aromatic nitrogens is 2. The number of halogens is 2. The number of imidazole rings is 1. The lowest BCUT2D eigenvalue weighted by atomic mass is 10.1.